The molecule has 0 N–H and O–H groups in total. The Bertz CT molecular complexity index is 1410. The second-order valence-corrected chi connectivity index (χ2v) is 10.7. The molecule has 2 aliphatic rings. The summed E-state index contributed by atoms with van der Waals surface area (Å²) in [4.78, 5) is 25.8. The molecular weight excluding hydrogens is 528 g/mol. The number of hydrogen-bond donors (Lipinski definition) is 0. The molecule has 4 atom stereocenters. The Balaban J connectivity index is 1.03. The maximum absolute atomic E-state index is 12.9. The van der Waals surface area contributed by atoms with Gasteiger partial charge in [-0.05, 0) is 70.5 Å². The summed E-state index contributed by atoms with van der Waals surface area (Å²) in [6.45, 7) is 4.62. The SMILES string of the molecule is CCc1ccc(-c2ccc(C(=O)OC3COC4C(OC(=O)c5ccc(-c6ccc(CC)cc6)cc5)COC34)cc2)cc1. The van der Waals surface area contributed by atoms with Crippen molar-refractivity contribution in [3.63, 3.8) is 0 Å². The second-order valence-electron chi connectivity index (χ2n) is 10.7. The van der Waals surface area contributed by atoms with E-state index < -0.39 is 36.4 Å². The molecule has 0 amide bonds. The molecule has 6 nitrogen and oxygen atoms in total. The Kier molecular flexibility index (Phi) is 8.17. The molecule has 6 rings (SSSR count). The van der Waals surface area contributed by atoms with Gasteiger partial charge in [0.25, 0.3) is 0 Å². The largest absolute Gasteiger partial charge is 0.453 e. The number of aryl methyl sites for hydroxylation is 2. The summed E-state index contributed by atoms with van der Waals surface area (Å²) in [5, 5.41) is 0. The molecule has 4 aromatic carbocycles. The molecule has 0 aliphatic carbocycles. The van der Waals surface area contributed by atoms with Crippen molar-refractivity contribution in [2.45, 2.75) is 51.1 Å². The van der Waals surface area contributed by atoms with E-state index in [2.05, 4.69) is 62.4 Å². The first kappa shape index (κ1) is 27.9. The van der Waals surface area contributed by atoms with Gasteiger partial charge < -0.3 is 18.9 Å². The van der Waals surface area contributed by atoms with Crippen LogP contribution in [0.25, 0.3) is 22.3 Å². The van der Waals surface area contributed by atoms with Crippen molar-refractivity contribution in [3.8, 4) is 22.3 Å². The Morgan fingerprint density at radius 1 is 0.548 bits per heavy atom. The molecule has 0 aromatic heterocycles. The van der Waals surface area contributed by atoms with Crippen molar-refractivity contribution in [1.29, 1.82) is 0 Å². The average molecular weight is 563 g/mol. The predicted molar refractivity (Wildman–Crippen MR) is 160 cm³/mol. The summed E-state index contributed by atoms with van der Waals surface area (Å²) in [5.74, 6) is -0.879. The fraction of sp³-hybridized carbons (Fsp3) is 0.278. The van der Waals surface area contributed by atoms with Crippen LogP contribution in [0.3, 0.4) is 0 Å². The van der Waals surface area contributed by atoms with E-state index in [-0.39, 0.29) is 13.2 Å². The highest BCUT2D eigenvalue weighted by Crippen LogP contribution is 2.32. The van der Waals surface area contributed by atoms with Gasteiger partial charge >= 0.3 is 11.9 Å². The summed E-state index contributed by atoms with van der Waals surface area (Å²) in [5.41, 5.74) is 7.73. The molecule has 42 heavy (non-hydrogen) atoms. The zero-order chi connectivity index (χ0) is 29.1. The third-order valence-corrected chi connectivity index (χ3v) is 8.11. The lowest BCUT2D eigenvalue weighted by molar-refractivity contribution is -0.0287. The molecular formula is C36H34O6. The van der Waals surface area contributed by atoms with Crippen molar-refractivity contribution in [2.75, 3.05) is 13.2 Å². The molecule has 4 unspecified atom stereocenters. The number of fused-ring (bicyclic) bond motifs is 1. The van der Waals surface area contributed by atoms with Crippen molar-refractivity contribution in [2.24, 2.45) is 0 Å². The zero-order valence-corrected chi connectivity index (χ0v) is 23.8. The van der Waals surface area contributed by atoms with Gasteiger partial charge in [-0.15, -0.1) is 0 Å². The molecule has 6 heteroatoms. The van der Waals surface area contributed by atoms with Crippen LogP contribution in [0.15, 0.2) is 97.1 Å². The lowest BCUT2D eigenvalue weighted by Gasteiger charge is -2.17. The van der Waals surface area contributed by atoms with Gasteiger partial charge in [-0.2, -0.15) is 0 Å². The molecule has 214 valence electrons. The van der Waals surface area contributed by atoms with Gasteiger partial charge in [0, 0.05) is 0 Å². The Morgan fingerprint density at radius 2 is 0.857 bits per heavy atom. The minimum atomic E-state index is -0.578. The highest BCUT2D eigenvalue weighted by molar-refractivity contribution is 5.91. The van der Waals surface area contributed by atoms with Gasteiger partial charge in [-0.25, -0.2) is 9.59 Å². The molecule has 2 heterocycles. The maximum atomic E-state index is 12.9. The Hall–Kier alpha value is -4.26. The van der Waals surface area contributed by atoms with Crippen LogP contribution in [0.4, 0.5) is 0 Å². The van der Waals surface area contributed by atoms with Crippen LogP contribution >= 0.6 is 0 Å². The van der Waals surface area contributed by atoms with E-state index in [0.717, 1.165) is 35.1 Å². The summed E-state index contributed by atoms with van der Waals surface area (Å²) in [6, 6.07) is 31.6. The van der Waals surface area contributed by atoms with Crippen molar-refractivity contribution < 1.29 is 28.5 Å². The summed E-state index contributed by atoms with van der Waals surface area (Å²) >= 11 is 0. The van der Waals surface area contributed by atoms with Crippen molar-refractivity contribution in [1.82, 2.24) is 0 Å². The number of benzene rings is 4. The topological polar surface area (TPSA) is 71.1 Å². The lowest BCUT2D eigenvalue weighted by atomic mass is 10.0. The first-order chi connectivity index (χ1) is 20.5. The summed E-state index contributed by atoms with van der Waals surface area (Å²) in [7, 11) is 0. The van der Waals surface area contributed by atoms with Gasteiger partial charge in [-0.3, -0.25) is 0 Å². The summed E-state index contributed by atoms with van der Waals surface area (Å²) in [6.07, 6.45) is -0.147. The standard InChI is InChI=1S/C36H34O6/c1-3-23-5-9-25(10-6-23)27-13-17-29(18-14-27)35(37)41-31-21-39-34-32(22-40-33(31)34)42-36(38)30-19-15-28(16-20-30)26-11-7-24(4-2)8-12-26/h5-20,31-34H,3-4,21-22H2,1-2H3. The maximum Gasteiger partial charge on any atom is 0.338 e. The zero-order valence-electron chi connectivity index (χ0n) is 23.8. The Morgan fingerprint density at radius 3 is 1.17 bits per heavy atom. The lowest BCUT2D eigenvalue weighted by Crippen LogP contribution is -2.36. The quantitative estimate of drug-likeness (QED) is 0.223. The van der Waals surface area contributed by atoms with Gasteiger partial charge in [0.15, 0.2) is 12.2 Å². The van der Waals surface area contributed by atoms with E-state index in [1.54, 1.807) is 24.3 Å². The van der Waals surface area contributed by atoms with Crippen LogP contribution in [-0.2, 0) is 31.8 Å². The van der Waals surface area contributed by atoms with Gasteiger partial charge in [0.2, 0.25) is 0 Å². The van der Waals surface area contributed by atoms with Crippen molar-refractivity contribution >= 4 is 11.9 Å². The third-order valence-electron chi connectivity index (χ3n) is 8.11. The molecule has 0 bridgehead atoms. The number of rotatable bonds is 8. The van der Waals surface area contributed by atoms with Crippen LogP contribution in [0.1, 0.15) is 45.7 Å². The predicted octanol–water partition coefficient (Wildman–Crippen LogP) is 6.69. The van der Waals surface area contributed by atoms with E-state index in [0.29, 0.717) is 11.1 Å². The average Bonchev–Trinajstić information content (AvgIpc) is 3.64. The molecule has 0 radical (unpaired) electrons. The minimum absolute atomic E-state index is 0.183. The first-order valence-corrected chi connectivity index (χ1v) is 14.6. The number of ether oxygens (including phenoxy) is 4. The molecule has 4 aromatic rings. The summed E-state index contributed by atoms with van der Waals surface area (Å²) < 4.78 is 23.3. The van der Waals surface area contributed by atoms with E-state index in [1.807, 2.05) is 24.3 Å². The minimum Gasteiger partial charge on any atom is -0.453 e. The van der Waals surface area contributed by atoms with Crippen LogP contribution in [0.5, 0.6) is 0 Å². The van der Waals surface area contributed by atoms with E-state index in [4.69, 9.17) is 18.9 Å². The van der Waals surface area contributed by atoms with Crippen molar-refractivity contribution in [3.05, 3.63) is 119 Å². The molecule has 2 saturated heterocycles. The number of hydrogen-bond acceptors (Lipinski definition) is 6. The van der Waals surface area contributed by atoms with Crippen LogP contribution in [0, 0.1) is 0 Å². The number of carbonyl (C=O) groups is 2. The van der Waals surface area contributed by atoms with E-state index >= 15 is 0 Å². The monoisotopic (exact) mass is 562 g/mol. The Labute approximate surface area is 246 Å². The van der Waals surface area contributed by atoms with E-state index in [1.165, 1.54) is 11.1 Å². The van der Waals surface area contributed by atoms with Crippen LogP contribution < -0.4 is 0 Å². The molecule has 0 saturated carbocycles. The second kappa shape index (κ2) is 12.3. The molecule has 2 fully saturated rings. The number of carbonyl (C=O) groups excluding carboxylic acids is 2. The molecule has 2 aliphatic heterocycles. The smallest absolute Gasteiger partial charge is 0.338 e. The fourth-order valence-corrected chi connectivity index (χ4v) is 5.51. The number of esters is 2. The highest BCUT2D eigenvalue weighted by Gasteiger charge is 2.51. The van der Waals surface area contributed by atoms with E-state index in [9.17, 15) is 9.59 Å². The third kappa shape index (κ3) is 5.87. The molecule has 0 spiro atoms. The normalized spacial score (nSPS) is 21.1. The van der Waals surface area contributed by atoms with Crippen LogP contribution in [0.2, 0.25) is 0 Å². The van der Waals surface area contributed by atoms with Crippen LogP contribution in [-0.4, -0.2) is 49.6 Å². The van der Waals surface area contributed by atoms with Gasteiger partial charge in [-0.1, -0.05) is 86.6 Å². The van der Waals surface area contributed by atoms with Gasteiger partial charge in [0.1, 0.15) is 12.2 Å². The van der Waals surface area contributed by atoms with Gasteiger partial charge in [0.05, 0.1) is 24.3 Å². The first-order valence-electron chi connectivity index (χ1n) is 14.6. The highest BCUT2D eigenvalue weighted by atomic mass is 16.7. The fourth-order valence-electron chi connectivity index (χ4n) is 5.51.